The molecule has 0 unspecified atom stereocenters. The predicted molar refractivity (Wildman–Crippen MR) is 105 cm³/mol. The Labute approximate surface area is 161 Å². The van der Waals surface area contributed by atoms with Gasteiger partial charge in [-0.05, 0) is 38.3 Å². The summed E-state index contributed by atoms with van der Waals surface area (Å²) >= 11 is 0. The molecule has 0 amide bonds. The van der Waals surface area contributed by atoms with Crippen LogP contribution in [0.25, 0.3) is 0 Å². The van der Waals surface area contributed by atoms with Crippen LogP contribution in [0.15, 0.2) is 47.9 Å². The molecule has 0 bridgehead atoms. The molecule has 0 radical (unpaired) electrons. The number of benzene rings is 1. The van der Waals surface area contributed by atoms with Crippen molar-refractivity contribution >= 4 is 10.0 Å². The van der Waals surface area contributed by atoms with E-state index in [1.807, 2.05) is 30.3 Å². The van der Waals surface area contributed by atoms with E-state index in [0.29, 0.717) is 0 Å². The minimum atomic E-state index is -3.69. The molecule has 2 aliphatic rings. The van der Waals surface area contributed by atoms with E-state index in [9.17, 15) is 8.42 Å². The van der Waals surface area contributed by atoms with Crippen LogP contribution >= 0.6 is 0 Å². The van der Waals surface area contributed by atoms with Gasteiger partial charge in [0.15, 0.2) is 5.03 Å². The Hall–Kier alpha value is -1.70. The molecule has 1 aromatic carbocycles. The van der Waals surface area contributed by atoms with Gasteiger partial charge in [0, 0.05) is 24.8 Å². The van der Waals surface area contributed by atoms with Crippen molar-refractivity contribution in [1.82, 2.24) is 19.2 Å². The van der Waals surface area contributed by atoms with Crippen molar-refractivity contribution in [3.8, 4) is 0 Å². The Bertz CT molecular complexity index is 896. The number of rotatable bonds is 3. The summed E-state index contributed by atoms with van der Waals surface area (Å²) in [5.74, 6) is 0. The number of nitrogens with one attached hydrogen (secondary N) is 1. The Morgan fingerprint density at radius 1 is 1.19 bits per heavy atom. The second kappa shape index (κ2) is 7.04. The van der Waals surface area contributed by atoms with Crippen LogP contribution in [-0.4, -0.2) is 40.4 Å². The molecule has 2 aliphatic heterocycles. The molecule has 0 aliphatic carbocycles. The van der Waals surface area contributed by atoms with Gasteiger partial charge in [0.25, 0.3) is 10.0 Å². The summed E-state index contributed by atoms with van der Waals surface area (Å²) in [7, 11) is -1.89. The molecule has 27 heavy (non-hydrogen) atoms. The molecular formula is C20H28N4O2S. The molecule has 3 atom stereocenters. The normalized spacial score (nSPS) is 29.9. The van der Waals surface area contributed by atoms with E-state index in [4.69, 9.17) is 0 Å². The highest BCUT2D eigenvalue weighted by molar-refractivity contribution is 7.89. The number of aryl methyl sites for hydroxylation is 1. The first-order chi connectivity index (χ1) is 12.9. The fraction of sp³-hybridized carbons (Fsp3) is 0.550. The van der Waals surface area contributed by atoms with Gasteiger partial charge in [-0.2, -0.15) is 4.31 Å². The molecule has 2 fully saturated rings. The monoisotopic (exact) mass is 388 g/mol. The fourth-order valence-electron chi connectivity index (χ4n) is 4.68. The minimum Gasteiger partial charge on any atom is -0.339 e. The maximum atomic E-state index is 13.6. The number of aromatic nitrogens is 2. The summed E-state index contributed by atoms with van der Waals surface area (Å²) in [6, 6.07) is 9.75. The van der Waals surface area contributed by atoms with Crippen LogP contribution in [0.2, 0.25) is 0 Å². The minimum absolute atomic E-state index is 0.0741. The van der Waals surface area contributed by atoms with Crippen molar-refractivity contribution in [2.24, 2.45) is 7.05 Å². The second-order valence-corrected chi connectivity index (χ2v) is 9.84. The molecular weight excluding hydrogens is 360 g/mol. The van der Waals surface area contributed by atoms with Crippen molar-refractivity contribution in [3.63, 3.8) is 0 Å². The van der Waals surface area contributed by atoms with Crippen LogP contribution < -0.4 is 5.32 Å². The predicted octanol–water partition coefficient (Wildman–Crippen LogP) is 2.85. The molecule has 0 saturated carbocycles. The van der Waals surface area contributed by atoms with Gasteiger partial charge in [0.2, 0.25) is 0 Å². The summed E-state index contributed by atoms with van der Waals surface area (Å²) in [5.41, 5.74) is 0.815. The average Bonchev–Trinajstić information content (AvgIpc) is 3.19. The Kier molecular flexibility index (Phi) is 4.86. The number of hydrogen-bond donors (Lipinski definition) is 1. The first kappa shape index (κ1) is 18.7. The lowest BCUT2D eigenvalue weighted by molar-refractivity contribution is 0.223. The Morgan fingerprint density at radius 3 is 2.67 bits per heavy atom. The smallest absolute Gasteiger partial charge is 0.262 e. The SMILES string of the molecule is Cn1cnc(S(=O)(=O)N2[C@H]3CCCCCN[C@@]3(C)C[C@H]2c2ccccc2)c1. The first-order valence-corrected chi connectivity index (χ1v) is 11.2. The molecule has 2 aromatic rings. The third kappa shape index (κ3) is 3.32. The molecule has 1 aromatic heterocycles. The van der Waals surface area contributed by atoms with Gasteiger partial charge >= 0.3 is 0 Å². The van der Waals surface area contributed by atoms with Crippen molar-refractivity contribution in [2.75, 3.05) is 6.54 Å². The number of sulfonamides is 1. The molecule has 6 nitrogen and oxygen atoms in total. The zero-order valence-electron chi connectivity index (χ0n) is 16.0. The van der Waals surface area contributed by atoms with Crippen molar-refractivity contribution in [3.05, 3.63) is 48.4 Å². The van der Waals surface area contributed by atoms with E-state index in [2.05, 4.69) is 17.2 Å². The van der Waals surface area contributed by atoms with E-state index in [0.717, 1.165) is 44.2 Å². The zero-order valence-corrected chi connectivity index (χ0v) is 16.8. The Balaban J connectivity index is 1.82. The van der Waals surface area contributed by atoms with Crippen LogP contribution in [0.3, 0.4) is 0 Å². The highest BCUT2D eigenvalue weighted by atomic mass is 32.2. The van der Waals surface area contributed by atoms with Gasteiger partial charge in [0.1, 0.15) is 0 Å². The van der Waals surface area contributed by atoms with Crippen molar-refractivity contribution in [2.45, 2.75) is 61.7 Å². The molecule has 3 heterocycles. The standard InChI is InChI=1S/C20H28N4O2S/c1-20-13-17(16-9-5-3-6-10-16)24(18(20)11-7-4-8-12-22-20)27(25,26)19-14-23(2)15-21-19/h3,5-6,9-10,14-15,17-18,22H,4,7-8,11-13H2,1-2H3/t17-,18-,20-/m0/s1. The topological polar surface area (TPSA) is 67.2 Å². The van der Waals surface area contributed by atoms with E-state index in [1.165, 1.54) is 0 Å². The van der Waals surface area contributed by atoms with Gasteiger partial charge in [-0.15, -0.1) is 0 Å². The maximum absolute atomic E-state index is 13.6. The van der Waals surface area contributed by atoms with E-state index >= 15 is 0 Å². The van der Waals surface area contributed by atoms with Crippen molar-refractivity contribution < 1.29 is 8.42 Å². The second-order valence-electron chi connectivity index (χ2n) is 8.05. The molecule has 4 rings (SSSR count). The van der Waals surface area contributed by atoms with E-state index in [-0.39, 0.29) is 22.6 Å². The summed E-state index contributed by atoms with van der Waals surface area (Å²) in [6.45, 7) is 3.12. The summed E-state index contributed by atoms with van der Waals surface area (Å²) < 4.78 is 30.7. The lowest BCUT2D eigenvalue weighted by Gasteiger charge is -2.37. The van der Waals surface area contributed by atoms with Crippen LogP contribution in [0.5, 0.6) is 0 Å². The van der Waals surface area contributed by atoms with E-state index in [1.54, 1.807) is 28.4 Å². The summed E-state index contributed by atoms with van der Waals surface area (Å²) in [4.78, 5) is 4.18. The van der Waals surface area contributed by atoms with Crippen LogP contribution in [-0.2, 0) is 17.1 Å². The van der Waals surface area contributed by atoms with Gasteiger partial charge in [-0.3, -0.25) is 0 Å². The fourth-order valence-corrected chi connectivity index (χ4v) is 6.58. The molecule has 2 saturated heterocycles. The third-order valence-corrected chi connectivity index (χ3v) is 7.86. The van der Waals surface area contributed by atoms with Crippen LogP contribution in [0.4, 0.5) is 0 Å². The van der Waals surface area contributed by atoms with Gasteiger partial charge in [-0.1, -0.05) is 43.2 Å². The van der Waals surface area contributed by atoms with Gasteiger partial charge < -0.3 is 9.88 Å². The van der Waals surface area contributed by atoms with Gasteiger partial charge in [0.05, 0.1) is 12.4 Å². The summed E-state index contributed by atoms with van der Waals surface area (Å²) in [5, 5.41) is 3.82. The van der Waals surface area contributed by atoms with Crippen LogP contribution in [0.1, 0.15) is 50.6 Å². The highest BCUT2D eigenvalue weighted by Crippen LogP contribution is 2.47. The average molecular weight is 389 g/mol. The number of fused-ring (bicyclic) bond motifs is 1. The quantitative estimate of drug-likeness (QED) is 0.878. The number of nitrogens with zero attached hydrogens (tertiary/aromatic N) is 3. The first-order valence-electron chi connectivity index (χ1n) is 9.73. The maximum Gasteiger partial charge on any atom is 0.262 e. The molecule has 1 N–H and O–H groups in total. The van der Waals surface area contributed by atoms with Gasteiger partial charge in [-0.25, -0.2) is 13.4 Å². The zero-order chi connectivity index (χ0) is 19.1. The highest BCUT2D eigenvalue weighted by Gasteiger charge is 2.54. The van der Waals surface area contributed by atoms with Crippen LogP contribution in [0, 0.1) is 0 Å². The number of imidazole rings is 1. The lowest BCUT2D eigenvalue weighted by atomic mass is 9.86. The number of hydrogen-bond acceptors (Lipinski definition) is 4. The molecule has 0 spiro atoms. The molecule has 7 heteroatoms. The van der Waals surface area contributed by atoms with E-state index < -0.39 is 10.0 Å². The molecule has 146 valence electrons. The summed E-state index contributed by atoms with van der Waals surface area (Å²) in [6.07, 6.45) is 8.13. The lowest BCUT2D eigenvalue weighted by Crippen LogP contribution is -2.54. The third-order valence-electron chi connectivity index (χ3n) is 6.06. The Morgan fingerprint density at radius 2 is 1.96 bits per heavy atom. The largest absolute Gasteiger partial charge is 0.339 e. The van der Waals surface area contributed by atoms with Crippen molar-refractivity contribution in [1.29, 1.82) is 0 Å².